The van der Waals surface area contributed by atoms with Gasteiger partial charge in [0, 0.05) is 0 Å². The van der Waals surface area contributed by atoms with Crippen LogP contribution in [0.15, 0.2) is 49.2 Å². The normalized spacial score (nSPS) is 13.2. The van der Waals surface area contributed by atoms with E-state index < -0.39 is 0 Å². The Morgan fingerprint density at radius 2 is 1.95 bits per heavy atom. The first kappa shape index (κ1) is 15.2. The van der Waals surface area contributed by atoms with E-state index in [0.29, 0.717) is 11.8 Å². The topological polar surface area (TPSA) is 30.7 Å². The van der Waals surface area contributed by atoms with E-state index in [-0.39, 0.29) is 0 Å². The van der Waals surface area contributed by atoms with Crippen LogP contribution in [0.4, 0.5) is 0 Å². The highest BCUT2D eigenvalue weighted by atomic mass is 15.4. The number of rotatable bonds is 6. The molecule has 0 saturated carbocycles. The summed E-state index contributed by atoms with van der Waals surface area (Å²) in [5.74, 6) is 0.783. The lowest BCUT2D eigenvalue weighted by Gasteiger charge is -2.08. The van der Waals surface area contributed by atoms with Gasteiger partial charge in [0.2, 0.25) is 0 Å². The fourth-order valence-corrected chi connectivity index (χ4v) is 1.61. The lowest BCUT2D eigenvalue weighted by molar-refractivity contribution is 0.776. The van der Waals surface area contributed by atoms with Crippen LogP contribution in [0, 0.1) is 5.92 Å². The quantitative estimate of drug-likeness (QED) is 0.715. The Balaban J connectivity index is 3.17. The molecule has 0 amide bonds. The average molecular weight is 257 g/mol. The van der Waals surface area contributed by atoms with Crippen molar-refractivity contribution in [2.45, 2.75) is 33.6 Å². The summed E-state index contributed by atoms with van der Waals surface area (Å²) in [5, 5.41) is 8.35. The maximum absolute atomic E-state index is 4.18. The molecule has 0 aliphatic heterocycles. The molecule has 0 saturated heterocycles. The van der Waals surface area contributed by atoms with Gasteiger partial charge in [0.15, 0.2) is 0 Å². The fraction of sp³-hybridized carbons (Fsp3) is 0.375. The number of allylic oxidation sites excluding steroid dienone is 6. The number of nitrogens with zero attached hydrogens (tertiary/aromatic N) is 3. The summed E-state index contributed by atoms with van der Waals surface area (Å²) in [6.07, 6.45) is 9.58. The highest BCUT2D eigenvalue weighted by molar-refractivity contribution is 5.60. The summed E-state index contributed by atoms with van der Waals surface area (Å²) >= 11 is 0. The molecule has 3 heteroatoms. The van der Waals surface area contributed by atoms with Crippen molar-refractivity contribution in [3.63, 3.8) is 0 Å². The van der Waals surface area contributed by atoms with Gasteiger partial charge in [-0.25, -0.2) is 4.68 Å². The summed E-state index contributed by atoms with van der Waals surface area (Å²) in [4.78, 5) is 0. The maximum atomic E-state index is 4.18. The fourth-order valence-electron chi connectivity index (χ4n) is 1.61. The van der Waals surface area contributed by atoms with Gasteiger partial charge in [-0.2, -0.15) is 0 Å². The van der Waals surface area contributed by atoms with Gasteiger partial charge >= 0.3 is 0 Å². The van der Waals surface area contributed by atoms with Crippen molar-refractivity contribution in [2.75, 3.05) is 0 Å². The molecule has 0 fully saturated rings. The molecule has 3 nitrogen and oxygen atoms in total. The van der Waals surface area contributed by atoms with E-state index in [1.807, 2.05) is 18.3 Å². The van der Waals surface area contributed by atoms with E-state index >= 15 is 0 Å². The molecule has 0 aliphatic rings. The number of hydrogen-bond acceptors (Lipinski definition) is 2. The molecular formula is C16H23N3. The molecule has 0 bridgehead atoms. The number of aromatic nitrogens is 3. The van der Waals surface area contributed by atoms with Crippen LogP contribution in [0.1, 0.15) is 39.3 Å². The molecule has 0 N–H and O–H groups in total. The van der Waals surface area contributed by atoms with Crippen molar-refractivity contribution < 1.29 is 0 Å². The van der Waals surface area contributed by atoms with Crippen molar-refractivity contribution in [2.24, 2.45) is 5.92 Å². The minimum absolute atomic E-state index is 0.367. The molecule has 19 heavy (non-hydrogen) atoms. The predicted octanol–water partition coefficient (Wildman–Crippen LogP) is 4.20. The van der Waals surface area contributed by atoms with Crippen LogP contribution in [0.2, 0.25) is 0 Å². The second-order valence-electron chi connectivity index (χ2n) is 5.07. The Morgan fingerprint density at radius 3 is 2.37 bits per heavy atom. The average Bonchev–Trinajstić information content (AvgIpc) is 2.83. The minimum atomic E-state index is 0.367. The first-order valence-electron chi connectivity index (χ1n) is 6.59. The summed E-state index contributed by atoms with van der Waals surface area (Å²) in [6.45, 7) is 16.1. The van der Waals surface area contributed by atoms with Gasteiger partial charge in [0.1, 0.15) is 0 Å². The second kappa shape index (κ2) is 6.88. The van der Waals surface area contributed by atoms with Crippen LogP contribution in [0.5, 0.6) is 0 Å². The monoisotopic (exact) mass is 257 g/mol. The van der Waals surface area contributed by atoms with Gasteiger partial charge in [0.25, 0.3) is 0 Å². The molecule has 0 aliphatic carbocycles. The Bertz CT molecular complexity index is 502. The predicted molar refractivity (Wildman–Crippen MR) is 81.7 cm³/mol. The Morgan fingerprint density at radius 1 is 1.26 bits per heavy atom. The van der Waals surface area contributed by atoms with Crippen molar-refractivity contribution in [3.05, 3.63) is 54.9 Å². The zero-order chi connectivity index (χ0) is 14.4. The van der Waals surface area contributed by atoms with Crippen molar-refractivity contribution in [1.82, 2.24) is 15.0 Å². The smallest absolute Gasteiger partial charge is 0.0857 e. The van der Waals surface area contributed by atoms with Gasteiger partial charge in [0.05, 0.1) is 17.6 Å². The molecule has 1 aromatic rings. The van der Waals surface area contributed by atoms with Gasteiger partial charge in [-0.3, -0.25) is 0 Å². The van der Waals surface area contributed by atoms with Crippen LogP contribution in [-0.4, -0.2) is 15.0 Å². The van der Waals surface area contributed by atoms with Crippen LogP contribution >= 0.6 is 0 Å². The zero-order valence-corrected chi connectivity index (χ0v) is 12.3. The van der Waals surface area contributed by atoms with Gasteiger partial charge in [-0.1, -0.05) is 58.2 Å². The highest BCUT2D eigenvalue weighted by Crippen LogP contribution is 2.18. The maximum Gasteiger partial charge on any atom is 0.0857 e. The van der Waals surface area contributed by atoms with Crippen LogP contribution in [-0.2, 0) is 0 Å². The largest absolute Gasteiger partial charge is 0.220 e. The van der Waals surface area contributed by atoms with E-state index in [1.165, 1.54) is 0 Å². The third-order valence-corrected chi connectivity index (χ3v) is 2.87. The van der Waals surface area contributed by atoms with Crippen molar-refractivity contribution in [3.8, 4) is 0 Å². The first-order chi connectivity index (χ1) is 8.99. The van der Waals surface area contributed by atoms with Crippen LogP contribution in [0.25, 0.3) is 5.70 Å². The standard InChI is InChI=1S/C16H23N3/c1-7-9-15(10-14(8-2)12(3)4)19-11-16(13(5)6)17-18-19/h7-13H,1-2H2,3-6H3/b14-10+,15-9+. The lowest BCUT2D eigenvalue weighted by Crippen LogP contribution is -1.99. The zero-order valence-electron chi connectivity index (χ0n) is 12.3. The summed E-state index contributed by atoms with van der Waals surface area (Å²) in [6, 6.07) is 0. The highest BCUT2D eigenvalue weighted by Gasteiger charge is 2.08. The Kier molecular flexibility index (Phi) is 5.49. The lowest BCUT2D eigenvalue weighted by atomic mass is 10.0. The molecule has 1 rings (SSSR count). The third kappa shape index (κ3) is 4.05. The Labute approximate surface area is 116 Å². The van der Waals surface area contributed by atoms with Gasteiger partial charge in [-0.05, 0) is 29.6 Å². The van der Waals surface area contributed by atoms with E-state index in [1.54, 1.807) is 10.8 Å². The molecule has 1 aromatic heterocycles. The molecule has 0 radical (unpaired) electrons. The third-order valence-electron chi connectivity index (χ3n) is 2.87. The second-order valence-corrected chi connectivity index (χ2v) is 5.07. The molecule has 102 valence electrons. The molecule has 0 spiro atoms. The number of hydrogen-bond donors (Lipinski definition) is 0. The van der Waals surface area contributed by atoms with Crippen LogP contribution < -0.4 is 0 Å². The van der Waals surface area contributed by atoms with Gasteiger partial charge in [-0.15, -0.1) is 5.10 Å². The SMILES string of the molecule is C=C/C=C(\C=C(/C=C)C(C)C)n1cc(C(C)C)nn1. The van der Waals surface area contributed by atoms with Gasteiger partial charge < -0.3 is 0 Å². The Hall–Kier alpha value is -1.90. The molecule has 0 unspecified atom stereocenters. The van der Waals surface area contributed by atoms with E-state index in [2.05, 4.69) is 57.2 Å². The van der Waals surface area contributed by atoms with Crippen molar-refractivity contribution >= 4 is 5.70 Å². The molecule has 1 heterocycles. The molecular weight excluding hydrogens is 234 g/mol. The molecule has 0 atom stereocenters. The molecule has 0 aromatic carbocycles. The van der Waals surface area contributed by atoms with E-state index in [0.717, 1.165) is 17.0 Å². The minimum Gasteiger partial charge on any atom is -0.220 e. The van der Waals surface area contributed by atoms with E-state index in [9.17, 15) is 0 Å². The summed E-state index contributed by atoms with van der Waals surface area (Å²) < 4.78 is 1.78. The first-order valence-corrected chi connectivity index (χ1v) is 6.59. The van der Waals surface area contributed by atoms with Crippen LogP contribution in [0.3, 0.4) is 0 Å². The van der Waals surface area contributed by atoms with E-state index in [4.69, 9.17) is 0 Å². The van der Waals surface area contributed by atoms with Crippen molar-refractivity contribution in [1.29, 1.82) is 0 Å². The summed E-state index contributed by atoms with van der Waals surface area (Å²) in [5.41, 5.74) is 3.08. The summed E-state index contributed by atoms with van der Waals surface area (Å²) in [7, 11) is 0.